The van der Waals surface area contributed by atoms with E-state index in [9.17, 15) is 9.59 Å². The van der Waals surface area contributed by atoms with Gasteiger partial charge in [0, 0.05) is 26.2 Å². The molecule has 0 atom stereocenters. The zero-order chi connectivity index (χ0) is 12.0. The fourth-order valence-corrected chi connectivity index (χ4v) is 1.90. The number of carboxylic acids is 1. The van der Waals surface area contributed by atoms with E-state index in [1.807, 2.05) is 0 Å². The number of aliphatic carboxylic acids is 1. The molecule has 0 spiro atoms. The van der Waals surface area contributed by atoms with Crippen molar-refractivity contribution in [2.45, 2.75) is 26.2 Å². The van der Waals surface area contributed by atoms with Crippen molar-refractivity contribution >= 4 is 11.9 Å². The molecule has 5 heteroatoms. The lowest BCUT2D eigenvalue weighted by atomic mass is 10.2. The monoisotopic (exact) mass is 228 g/mol. The van der Waals surface area contributed by atoms with E-state index in [-0.39, 0.29) is 0 Å². The molecule has 0 bridgehead atoms. The second kappa shape index (κ2) is 6.48. The van der Waals surface area contributed by atoms with Gasteiger partial charge in [0.2, 0.25) is 0 Å². The third kappa shape index (κ3) is 3.81. The van der Waals surface area contributed by atoms with Crippen LogP contribution in [-0.2, 0) is 9.59 Å². The normalized spacial score (nSPS) is 17.4. The van der Waals surface area contributed by atoms with Gasteiger partial charge in [0.25, 0.3) is 0 Å². The van der Waals surface area contributed by atoms with E-state index in [4.69, 9.17) is 5.11 Å². The van der Waals surface area contributed by atoms with E-state index in [1.54, 1.807) is 0 Å². The Bertz CT molecular complexity index is 248. The first-order chi connectivity index (χ1) is 7.65. The minimum Gasteiger partial charge on any atom is -0.474 e. The van der Waals surface area contributed by atoms with Gasteiger partial charge in [-0.3, -0.25) is 9.69 Å². The van der Waals surface area contributed by atoms with E-state index < -0.39 is 11.9 Å². The molecule has 0 radical (unpaired) electrons. The molecule has 5 nitrogen and oxygen atoms in total. The highest BCUT2D eigenvalue weighted by Gasteiger charge is 2.24. The van der Waals surface area contributed by atoms with Crippen LogP contribution in [0.3, 0.4) is 0 Å². The van der Waals surface area contributed by atoms with Crippen LogP contribution in [0, 0.1) is 0 Å². The molecule has 16 heavy (non-hydrogen) atoms. The lowest BCUT2D eigenvalue weighted by Crippen LogP contribution is -2.50. The van der Waals surface area contributed by atoms with E-state index in [1.165, 1.54) is 24.2 Å². The Morgan fingerprint density at radius 1 is 1.12 bits per heavy atom. The number of carboxylic acid groups (broad SMARTS) is 1. The van der Waals surface area contributed by atoms with Crippen molar-refractivity contribution in [3.05, 3.63) is 0 Å². The highest BCUT2D eigenvalue weighted by atomic mass is 16.4. The van der Waals surface area contributed by atoms with E-state index in [0.717, 1.165) is 19.6 Å². The number of hydrogen-bond acceptors (Lipinski definition) is 3. The van der Waals surface area contributed by atoms with Crippen molar-refractivity contribution in [3.63, 3.8) is 0 Å². The summed E-state index contributed by atoms with van der Waals surface area (Å²) < 4.78 is 0. The molecule has 0 unspecified atom stereocenters. The largest absolute Gasteiger partial charge is 0.474 e. The molecule has 1 saturated heterocycles. The summed E-state index contributed by atoms with van der Waals surface area (Å²) in [5, 5.41) is 8.57. The summed E-state index contributed by atoms with van der Waals surface area (Å²) in [5.41, 5.74) is 0. The molecule has 0 aromatic carbocycles. The van der Waals surface area contributed by atoms with Crippen LogP contribution >= 0.6 is 0 Å². The van der Waals surface area contributed by atoms with Crippen molar-refractivity contribution in [2.24, 2.45) is 0 Å². The first kappa shape index (κ1) is 13.0. The number of carbonyl (C=O) groups excluding carboxylic acids is 1. The molecule has 1 rings (SSSR count). The predicted molar refractivity (Wildman–Crippen MR) is 60.2 cm³/mol. The molecule has 1 heterocycles. The Morgan fingerprint density at radius 2 is 1.75 bits per heavy atom. The SMILES string of the molecule is CCCCCN1CCN(C(=O)C(=O)O)CC1. The van der Waals surface area contributed by atoms with Crippen molar-refractivity contribution in [2.75, 3.05) is 32.7 Å². The van der Waals surface area contributed by atoms with Crippen LogP contribution in [0.2, 0.25) is 0 Å². The van der Waals surface area contributed by atoms with Crippen molar-refractivity contribution < 1.29 is 14.7 Å². The summed E-state index contributed by atoms with van der Waals surface area (Å²) in [6.45, 7) is 5.90. The van der Waals surface area contributed by atoms with Crippen LogP contribution in [0.15, 0.2) is 0 Å². The van der Waals surface area contributed by atoms with Crippen molar-refractivity contribution in [1.82, 2.24) is 9.80 Å². The summed E-state index contributed by atoms with van der Waals surface area (Å²) in [6, 6.07) is 0. The van der Waals surface area contributed by atoms with Crippen LogP contribution in [0.1, 0.15) is 26.2 Å². The second-order valence-corrected chi connectivity index (χ2v) is 4.15. The molecule has 1 N–H and O–H groups in total. The Balaban J connectivity index is 2.23. The highest BCUT2D eigenvalue weighted by molar-refractivity contribution is 6.31. The zero-order valence-electron chi connectivity index (χ0n) is 9.81. The lowest BCUT2D eigenvalue weighted by Gasteiger charge is -2.33. The van der Waals surface area contributed by atoms with Gasteiger partial charge >= 0.3 is 11.9 Å². The van der Waals surface area contributed by atoms with Crippen LogP contribution < -0.4 is 0 Å². The fourth-order valence-electron chi connectivity index (χ4n) is 1.90. The average molecular weight is 228 g/mol. The Hall–Kier alpha value is -1.10. The summed E-state index contributed by atoms with van der Waals surface area (Å²) in [7, 11) is 0. The molecule has 0 aliphatic carbocycles. The average Bonchev–Trinajstić information content (AvgIpc) is 2.29. The molecule has 1 aliphatic heterocycles. The Kier molecular flexibility index (Phi) is 5.25. The quantitative estimate of drug-likeness (QED) is 0.559. The van der Waals surface area contributed by atoms with Gasteiger partial charge in [-0.15, -0.1) is 0 Å². The molecular formula is C11H20N2O3. The first-order valence-electron chi connectivity index (χ1n) is 5.89. The molecule has 92 valence electrons. The van der Waals surface area contributed by atoms with Crippen LogP contribution in [-0.4, -0.2) is 59.5 Å². The summed E-state index contributed by atoms with van der Waals surface area (Å²) >= 11 is 0. The number of nitrogens with zero attached hydrogens (tertiary/aromatic N) is 2. The van der Waals surface area contributed by atoms with Crippen LogP contribution in [0.5, 0.6) is 0 Å². The molecule has 0 saturated carbocycles. The molecular weight excluding hydrogens is 208 g/mol. The van der Waals surface area contributed by atoms with Crippen LogP contribution in [0.25, 0.3) is 0 Å². The maximum Gasteiger partial charge on any atom is 0.394 e. The van der Waals surface area contributed by atoms with Crippen molar-refractivity contribution in [3.8, 4) is 0 Å². The first-order valence-corrected chi connectivity index (χ1v) is 5.89. The number of carbonyl (C=O) groups is 2. The third-order valence-electron chi connectivity index (χ3n) is 2.92. The lowest BCUT2D eigenvalue weighted by molar-refractivity contribution is -0.156. The number of rotatable bonds is 4. The zero-order valence-corrected chi connectivity index (χ0v) is 9.81. The van der Waals surface area contributed by atoms with E-state index in [2.05, 4.69) is 11.8 Å². The van der Waals surface area contributed by atoms with Gasteiger partial charge < -0.3 is 10.0 Å². The topological polar surface area (TPSA) is 60.9 Å². The third-order valence-corrected chi connectivity index (χ3v) is 2.92. The van der Waals surface area contributed by atoms with Gasteiger partial charge in [-0.2, -0.15) is 0 Å². The molecule has 1 fully saturated rings. The smallest absolute Gasteiger partial charge is 0.394 e. The van der Waals surface area contributed by atoms with Gasteiger partial charge in [-0.1, -0.05) is 19.8 Å². The molecule has 0 aromatic rings. The standard InChI is InChI=1S/C11H20N2O3/c1-2-3-4-5-12-6-8-13(9-7-12)10(14)11(15)16/h2-9H2,1H3,(H,15,16). The molecule has 1 aliphatic rings. The molecule has 1 amide bonds. The fraction of sp³-hybridized carbons (Fsp3) is 0.818. The second-order valence-electron chi connectivity index (χ2n) is 4.15. The van der Waals surface area contributed by atoms with E-state index >= 15 is 0 Å². The summed E-state index contributed by atoms with van der Waals surface area (Å²) in [6.07, 6.45) is 3.62. The summed E-state index contributed by atoms with van der Waals surface area (Å²) in [4.78, 5) is 25.4. The Morgan fingerprint density at radius 3 is 2.25 bits per heavy atom. The minimum atomic E-state index is -1.35. The van der Waals surface area contributed by atoms with Gasteiger partial charge in [-0.05, 0) is 13.0 Å². The highest BCUT2D eigenvalue weighted by Crippen LogP contribution is 2.04. The van der Waals surface area contributed by atoms with Gasteiger partial charge in [0.1, 0.15) is 0 Å². The van der Waals surface area contributed by atoms with E-state index in [0.29, 0.717) is 13.1 Å². The number of piperazine rings is 1. The van der Waals surface area contributed by atoms with Crippen LogP contribution in [0.4, 0.5) is 0 Å². The Labute approximate surface area is 96.0 Å². The molecule has 0 aromatic heterocycles. The predicted octanol–water partition coefficient (Wildman–Crippen LogP) is 0.405. The maximum absolute atomic E-state index is 11.2. The van der Waals surface area contributed by atoms with Gasteiger partial charge in [0.15, 0.2) is 0 Å². The number of amides is 1. The van der Waals surface area contributed by atoms with Crippen molar-refractivity contribution in [1.29, 1.82) is 0 Å². The van der Waals surface area contributed by atoms with Gasteiger partial charge in [-0.25, -0.2) is 4.79 Å². The number of hydrogen-bond donors (Lipinski definition) is 1. The summed E-state index contributed by atoms with van der Waals surface area (Å²) in [5.74, 6) is -2.12. The maximum atomic E-state index is 11.2. The number of unbranched alkanes of at least 4 members (excludes halogenated alkanes) is 2. The van der Waals surface area contributed by atoms with Gasteiger partial charge in [0.05, 0.1) is 0 Å². The minimum absolute atomic E-state index is 0.539.